The smallest absolute Gasteiger partial charge is 0.0901 e. The standard InChI is InChI=1S/C6H10N2S/c1-7-5-3-4-6(8-2)9-5/h3-4,7-8H,1-2H3. The lowest BCUT2D eigenvalue weighted by Crippen LogP contribution is -1.81. The van der Waals surface area contributed by atoms with Crippen molar-refractivity contribution in [3.63, 3.8) is 0 Å². The Morgan fingerprint density at radius 2 is 1.56 bits per heavy atom. The summed E-state index contributed by atoms with van der Waals surface area (Å²) < 4.78 is 0. The van der Waals surface area contributed by atoms with E-state index in [1.165, 1.54) is 10.0 Å². The minimum absolute atomic E-state index is 1.19. The van der Waals surface area contributed by atoms with E-state index in [0.717, 1.165) is 0 Å². The average Bonchev–Trinajstić information content (AvgIpc) is 2.34. The molecule has 0 saturated carbocycles. The first-order valence-corrected chi connectivity index (χ1v) is 3.64. The van der Waals surface area contributed by atoms with Gasteiger partial charge in [0.2, 0.25) is 0 Å². The molecule has 0 bridgehead atoms. The fourth-order valence-corrected chi connectivity index (χ4v) is 1.32. The van der Waals surface area contributed by atoms with Crippen molar-refractivity contribution in [2.45, 2.75) is 0 Å². The number of hydrogen-bond acceptors (Lipinski definition) is 3. The van der Waals surface area contributed by atoms with E-state index < -0.39 is 0 Å². The van der Waals surface area contributed by atoms with Crippen molar-refractivity contribution in [1.82, 2.24) is 0 Å². The van der Waals surface area contributed by atoms with Crippen molar-refractivity contribution in [3.8, 4) is 0 Å². The van der Waals surface area contributed by atoms with Gasteiger partial charge < -0.3 is 10.6 Å². The van der Waals surface area contributed by atoms with Crippen molar-refractivity contribution in [1.29, 1.82) is 0 Å². The molecule has 0 saturated heterocycles. The molecule has 0 unspecified atom stereocenters. The zero-order valence-corrected chi connectivity index (χ0v) is 6.38. The molecule has 0 fully saturated rings. The molecule has 0 spiro atoms. The maximum absolute atomic E-state index is 3.06. The van der Waals surface area contributed by atoms with Gasteiger partial charge in [0, 0.05) is 14.1 Å². The molecule has 0 atom stereocenters. The van der Waals surface area contributed by atoms with Crippen LogP contribution in [0.5, 0.6) is 0 Å². The molecule has 1 heterocycles. The topological polar surface area (TPSA) is 24.1 Å². The predicted molar refractivity (Wildman–Crippen MR) is 43.4 cm³/mol. The van der Waals surface area contributed by atoms with E-state index in [-0.39, 0.29) is 0 Å². The number of hydrogen-bond donors (Lipinski definition) is 2. The number of thiophene rings is 1. The van der Waals surface area contributed by atoms with Crippen LogP contribution < -0.4 is 10.6 Å². The molecule has 0 aliphatic carbocycles. The van der Waals surface area contributed by atoms with Gasteiger partial charge in [-0.2, -0.15) is 0 Å². The second kappa shape index (κ2) is 2.73. The lowest BCUT2D eigenvalue weighted by molar-refractivity contribution is 1.58. The van der Waals surface area contributed by atoms with Gasteiger partial charge in [0.25, 0.3) is 0 Å². The SMILES string of the molecule is CNc1ccc(NC)s1. The van der Waals surface area contributed by atoms with Crippen LogP contribution in [0.3, 0.4) is 0 Å². The van der Waals surface area contributed by atoms with Crippen LogP contribution in [0.25, 0.3) is 0 Å². The molecule has 50 valence electrons. The van der Waals surface area contributed by atoms with Gasteiger partial charge in [-0.1, -0.05) is 0 Å². The lowest BCUT2D eigenvalue weighted by Gasteiger charge is -1.90. The van der Waals surface area contributed by atoms with E-state index >= 15 is 0 Å². The molecular weight excluding hydrogens is 132 g/mol. The Kier molecular flexibility index (Phi) is 1.95. The largest absolute Gasteiger partial charge is 0.380 e. The van der Waals surface area contributed by atoms with Crippen LogP contribution in [0.4, 0.5) is 10.0 Å². The number of nitrogens with one attached hydrogen (secondary N) is 2. The summed E-state index contributed by atoms with van der Waals surface area (Å²) in [5.41, 5.74) is 0. The molecule has 2 N–H and O–H groups in total. The second-order valence-electron chi connectivity index (χ2n) is 1.66. The van der Waals surface area contributed by atoms with Crippen molar-refractivity contribution >= 4 is 21.3 Å². The first-order valence-electron chi connectivity index (χ1n) is 2.82. The maximum Gasteiger partial charge on any atom is 0.0901 e. The molecule has 1 aromatic heterocycles. The van der Waals surface area contributed by atoms with Crippen LogP contribution in [0.2, 0.25) is 0 Å². The Morgan fingerprint density at radius 3 is 1.78 bits per heavy atom. The lowest BCUT2D eigenvalue weighted by atomic mass is 10.6. The minimum Gasteiger partial charge on any atom is -0.380 e. The Balaban J connectivity index is 2.74. The van der Waals surface area contributed by atoms with E-state index in [1.807, 2.05) is 14.1 Å². The molecule has 0 amide bonds. The highest BCUT2D eigenvalue weighted by Crippen LogP contribution is 2.24. The van der Waals surface area contributed by atoms with E-state index in [1.54, 1.807) is 11.3 Å². The zero-order chi connectivity index (χ0) is 6.69. The first kappa shape index (κ1) is 6.42. The predicted octanol–water partition coefficient (Wildman–Crippen LogP) is 1.83. The van der Waals surface area contributed by atoms with E-state index in [9.17, 15) is 0 Å². The molecule has 1 aromatic rings. The van der Waals surface area contributed by atoms with Crippen LogP contribution in [0.1, 0.15) is 0 Å². The highest BCUT2D eigenvalue weighted by molar-refractivity contribution is 7.19. The summed E-state index contributed by atoms with van der Waals surface area (Å²) in [6.07, 6.45) is 0. The maximum atomic E-state index is 3.06. The Labute approximate surface area is 58.9 Å². The fourth-order valence-electron chi connectivity index (χ4n) is 0.607. The summed E-state index contributed by atoms with van der Waals surface area (Å²) in [5.74, 6) is 0. The summed E-state index contributed by atoms with van der Waals surface area (Å²) in [6.45, 7) is 0. The summed E-state index contributed by atoms with van der Waals surface area (Å²) in [4.78, 5) is 0. The zero-order valence-electron chi connectivity index (χ0n) is 5.56. The number of anilines is 2. The van der Waals surface area contributed by atoms with Gasteiger partial charge in [-0.3, -0.25) is 0 Å². The van der Waals surface area contributed by atoms with Crippen molar-refractivity contribution in [3.05, 3.63) is 12.1 Å². The molecule has 2 nitrogen and oxygen atoms in total. The fraction of sp³-hybridized carbons (Fsp3) is 0.333. The third-order valence-electron chi connectivity index (χ3n) is 1.10. The summed E-state index contributed by atoms with van der Waals surface area (Å²) in [6, 6.07) is 4.10. The summed E-state index contributed by atoms with van der Waals surface area (Å²) in [5, 5.41) is 8.51. The van der Waals surface area contributed by atoms with Crippen LogP contribution in [-0.2, 0) is 0 Å². The van der Waals surface area contributed by atoms with Crippen LogP contribution >= 0.6 is 11.3 Å². The second-order valence-corrected chi connectivity index (χ2v) is 2.75. The van der Waals surface area contributed by atoms with Crippen LogP contribution in [0, 0.1) is 0 Å². The molecule has 0 aromatic carbocycles. The van der Waals surface area contributed by atoms with Crippen molar-refractivity contribution in [2.24, 2.45) is 0 Å². The van der Waals surface area contributed by atoms with Gasteiger partial charge in [-0.25, -0.2) is 0 Å². The van der Waals surface area contributed by atoms with Gasteiger partial charge >= 0.3 is 0 Å². The monoisotopic (exact) mass is 142 g/mol. The molecule has 0 radical (unpaired) electrons. The van der Waals surface area contributed by atoms with Gasteiger partial charge in [0.05, 0.1) is 10.0 Å². The Bertz CT molecular complexity index is 164. The number of rotatable bonds is 2. The van der Waals surface area contributed by atoms with E-state index in [4.69, 9.17) is 0 Å². The van der Waals surface area contributed by atoms with Gasteiger partial charge in [-0.05, 0) is 12.1 Å². The third-order valence-corrected chi connectivity index (χ3v) is 2.22. The van der Waals surface area contributed by atoms with Crippen LogP contribution in [0.15, 0.2) is 12.1 Å². The Hall–Kier alpha value is -0.700. The third kappa shape index (κ3) is 1.36. The summed E-state index contributed by atoms with van der Waals surface area (Å²) in [7, 11) is 3.84. The van der Waals surface area contributed by atoms with Gasteiger partial charge in [0.15, 0.2) is 0 Å². The van der Waals surface area contributed by atoms with E-state index in [0.29, 0.717) is 0 Å². The normalized spacial score (nSPS) is 9.11. The van der Waals surface area contributed by atoms with Gasteiger partial charge in [-0.15, -0.1) is 11.3 Å². The first-order chi connectivity index (χ1) is 4.36. The average molecular weight is 142 g/mol. The highest BCUT2D eigenvalue weighted by Gasteiger charge is 1.92. The molecule has 1 rings (SSSR count). The molecule has 3 heteroatoms. The van der Waals surface area contributed by atoms with Crippen molar-refractivity contribution in [2.75, 3.05) is 24.7 Å². The molecule has 0 aliphatic rings. The van der Waals surface area contributed by atoms with Crippen molar-refractivity contribution < 1.29 is 0 Å². The Morgan fingerprint density at radius 1 is 1.11 bits per heavy atom. The van der Waals surface area contributed by atoms with Crippen LogP contribution in [-0.4, -0.2) is 14.1 Å². The summed E-state index contributed by atoms with van der Waals surface area (Å²) >= 11 is 1.71. The minimum atomic E-state index is 1.19. The molecule has 0 aliphatic heterocycles. The molecule has 9 heavy (non-hydrogen) atoms. The molecular formula is C6H10N2S. The van der Waals surface area contributed by atoms with E-state index in [2.05, 4.69) is 22.8 Å². The van der Waals surface area contributed by atoms with Gasteiger partial charge in [0.1, 0.15) is 0 Å². The highest BCUT2D eigenvalue weighted by atomic mass is 32.1. The quantitative estimate of drug-likeness (QED) is 0.658.